The second-order valence-corrected chi connectivity index (χ2v) is 13.0. The maximum absolute atomic E-state index is 13.0. The van der Waals surface area contributed by atoms with Crippen molar-refractivity contribution in [1.82, 2.24) is 0 Å². The quantitative estimate of drug-likeness (QED) is 0.277. The summed E-state index contributed by atoms with van der Waals surface area (Å²) in [5, 5.41) is 0. The first-order chi connectivity index (χ1) is 18.6. The van der Waals surface area contributed by atoms with Crippen molar-refractivity contribution in [1.29, 1.82) is 0 Å². The Morgan fingerprint density at radius 3 is 1.30 bits per heavy atom. The molecule has 2 unspecified atom stereocenters. The molecule has 6 nitrogen and oxygen atoms in total. The number of rotatable bonds is 10. The van der Waals surface area contributed by atoms with Crippen LogP contribution in [-0.2, 0) is 19.1 Å². The predicted molar refractivity (Wildman–Crippen MR) is 156 cm³/mol. The van der Waals surface area contributed by atoms with Crippen LogP contribution in [0.2, 0.25) is 0 Å². The standard InChI is InChI=1S/C34H46O6/c1-21-11-9-17-33(5,6)29(21)27(35)19-23(3)39-31(37)25-13-15-26(16-14-25)32(38)40-24(4)20-28(36)30-22(2)12-10-18-34(30,7)8/h13-16,23-24H,9-12,17-20H2,1-8H3. The fourth-order valence-electron chi connectivity index (χ4n) is 6.53. The molecule has 0 aliphatic heterocycles. The van der Waals surface area contributed by atoms with Gasteiger partial charge in [0.1, 0.15) is 12.2 Å². The monoisotopic (exact) mass is 550 g/mol. The zero-order valence-corrected chi connectivity index (χ0v) is 25.6. The van der Waals surface area contributed by atoms with Crippen molar-refractivity contribution in [3.05, 3.63) is 57.7 Å². The van der Waals surface area contributed by atoms with E-state index in [2.05, 4.69) is 27.7 Å². The Bertz CT molecular complexity index is 1120. The summed E-state index contributed by atoms with van der Waals surface area (Å²) in [7, 11) is 0. The molecule has 2 aliphatic carbocycles. The summed E-state index contributed by atoms with van der Waals surface area (Å²) in [6.07, 6.45) is 5.08. The molecule has 6 heteroatoms. The second-order valence-electron chi connectivity index (χ2n) is 13.0. The van der Waals surface area contributed by atoms with Crippen LogP contribution in [0.15, 0.2) is 46.6 Å². The van der Waals surface area contributed by atoms with Crippen LogP contribution in [0.4, 0.5) is 0 Å². The van der Waals surface area contributed by atoms with Gasteiger partial charge in [-0.15, -0.1) is 0 Å². The Morgan fingerprint density at radius 2 is 1.00 bits per heavy atom. The lowest BCUT2D eigenvalue weighted by atomic mass is 9.70. The van der Waals surface area contributed by atoms with E-state index in [0.717, 1.165) is 60.8 Å². The summed E-state index contributed by atoms with van der Waals surface area (Å²) in [6.45, 7) is 15.9. The third kappa shape index (κ3) is 7.58. The van der Waals surface area contributed by atoms with Gasteiger partial charge < -0.3 is 9.47 Å². The molecule has 0 radical (unpaired) electrons. The van der Waals surface area contributed by atoms with Crippen LogP contribution in [0.5, 0.6) is 0 Å². The van der Waals surface area contributed by atoms with Gasteiger partial charge >= 0.3 is 11.9 Å². The zero-order valence-electron chi connectivity index (χ0n) is 25.6. The SMILES string of the molecule is CC1=C(C(=O)CC(C)OC(=O)c2ccc(C(=O)OC(C)CC(=O)C3=C(C)CCCC3(C)C)cc2)C(C)(C)CCC1. The minimum atomic E-state index is -0.575. The van der Waals surface area contributed by atoms with Crippen LogP contribution in [0.25, 0.3) is 0 Å². The molecular formula is C34H46O6. The molecule has 0 fully saturated rings. The normalized spacial score (nSPS) is 20.0. The number of carbonyl (C=O) groups excluding carboxylic acids is 4. The van der Waals surface area contributed by atoms with E-state index in [-0.39, 0.29) is 46.4 Å². The topological polar surface area (TPSA) is 86.7 Å². The third-order valence-corrected chi connectivity index (χ3v) is 8.39. The molecule has 0 saturated carbocycles. The number of hydrogen-bond donors (Lipinski definition) is 0. The fourth-order valence-corrected chi connectivity index (χ4v) is 6.53. The summed E-state index contributed by atoms with van der Waals surface area (Å²) in [6, 6.07) is 6.05. The molecule has 0 amide bonds. The molecule has 1 aromatic rings. The average molecular weight is 551 g/mol. The number of allylic oxidation sites excluding steroid dienone is 4. The number of esters is 2. The van der Waals surface area contributed by atoms with Gasteiger partial charge in [0.25, 0.3) is 0 Å². The van der Waals surface area contributed by atoms with Crippen molar-refractivity contribution in [3.8, 4) is 0 Å². The summed E-state index contributed by atoms with van der Waals surface area (Å²) < 4.78 is 11.1. The van der Waals surface area contributed by atoms with Gasteiger partial charge in [-0.25, -0.2) is 9.59 Å². The fraction of sp³-hybridized carbons (Fsp3) is 0.588. The van der Waals surface area contributed by atoms with Crippen molar-refractivity contribution in [3.63, 3.8) is 0 Å². The van der Waals surface area contributed by atoms with Crippen LogP contribution in [0.1, 0.15) is 127 Å². The summed E-state index contributed by atoms with van der Waals surface area (Å²) in [4.78, 5) is 51.5. The molecule has 1 aromatic carbocycles. The van der Waals surface area contributed by atoms with Crippen LogP contribution in [0.3, 0.4) is 0 Å². The molecule has 218 valence electrons. The lowest BCUT2D eigenvalue weighted by molar-refractivity contribution is -0.119. The predicted octanol–water partition coefficient (Wildman–Crippen LogP) is 7.75. The highest BCUT2D eigenvalue weighted by atomic mass is 16.5. The molecule has 3 rings (SSSR count). The van der Waals surface area contributed by atoms with E-state index in [1.807, 2.05) is 13.8 Å². The van der Waals surface area contributed by atoms with Crippen LogP contribution < -0.4 is 0 Å². The van der Waals surface area contributed by atoms with Gasteiger partial charge in [0.2, 0.25) is 0 Å². The first-order valence-corrected chi connectivity index (χ1v) is 14.6. The number of ketones is 2. The summed E-state index contributed by atoms with van der Waals surface area (Å²) in [5.41, 5.74) is 4.24. The van der Waals surface area contributed by atoms with Crippen molar-refractivity contribution in [2.24, 2.45) is 10.8 Å². The average Bonchev–Trinajstić information content (AvgIpc) is 2.82. The molecule has 0 heterocycles. The van der Waals surface area contributed by atoms with Crippen molar-refractivity contribution in [2.75, 3.05) is 0 Å². The van der Waals surface area contributed by atoms with Gasteiger partial charge in [-0.3, -0.25) is 9.59 Å². The molecule has 2 atom stereocenters. The number of carbonyl (C=O) groups is 4. The minimum Gasteiger partial charge on any atom is -0.459 e. The van der Waals surface area contributed by atoms with E-state index >= 15 is 0 Å². The summed E-state index contributed by atoms with van der Waals surface area (Å²) in [5.74, 6) is -1.03. The molecule has 40 heavy (non-hydrogen) atoms. The number of ether oxygens (including phenoxy) is 2. The molecule has 0 aromatic heterocycles. The van der Waals surface area contributed by atoms with E-state index in [1.165, 1.54) is 24.3 Å². The van der Waals surface area contributed by atoms with Crippen molar-refractivity contribution >= 4 is 23.5 Å². The van der Waals surface area contributed by atoms with Gasteiger partial charge in [-0.05, 0) is 112 Å². The van der Waals surface area contributed by atoms with Crippen molar-refractivity contribution < 1.29 is 28.7 Å². The van der Waals surface area contributed by atoms with Crippen LogP contribution in [0, 0.1) is 10.8 Å². The zero-order chi connectivity index (χ0) is 29.8. The Kier molecular flexibility index (Phi) is 9.97. The maximum Gasteiger partial charge on any atom is 0.338 e. The van der Waals surface area contributed by atoms with Gasteiger partial charge in [0.15, 0.2) is 11.6 Å². The molecular weight excluding hydrogens is 504 g/mol. The van der Waals surface area contributed by atoms with Gasteiger partial charge in [-0.1, -0.05) is 38.8 Å². The highest BCUT2D eigenvalue weighted by molar-refractivity contribution is 5.99. The highest BCUT2D eigenvalue weighted by Gasteiger charge is 2.35. The van der Waals surface area contributed by atoms with E-state index in [1.54, 1.807) is 13.8 Å². The Morgan fingerprint density at radius 1 is 0.675 bits per heavy atom. The minimum absolute atomic E-state index is 0.0340. The molecule has 2 aliphatic rings. The first-order valence-electron chi connectivity index (χ1n) is 14.6. The van der Waals surface area contributed by atoms with Gasteiger partial charge in [0, 0.05) is 12.8 Å². The molecule has 0 saturated heterocycles. The largest absolute Gasteiger partial charge is 0.459 e. The van der Waals surface area contributed by atoms with Crippen LogP contribution >= 0.6 is 0 Å². The van der Waals surface area contributed by atoms with Gasteiger partial charge in [0.05, 0.1) is 11.1 Å². The van der Waals surface area contributed by atoms with Gasteiger partial charge in [-0.2, -0.15) is 0 Å². The van der Waals surface area contributed by atoms with E-state index in [4.69, 9.17) is 9.47 Å². The second kappa shape index (κ2) is 12.7. The van der Waals surface area contributed by atoms with Crippen LogP contribution in [-0.4, -0.2) is 35.7 Å². The Balaban J connectivity index is 1.54. The lowest BCUT2D eigenvalue weighted by Crippen LogP contribution is -2.29. The van der Waals surface area contributed by atoms with E-state index in [0.29, 0.717) is 0 Å². The Labute approximate surface area is 239 Å². The number of Topliss-reactive ketones (excluding diaryl/α,β-unsaturated/α-hetero) is 2. The highest BCUT2D eigenvalue weighted by Crippen LogP contribution is 2.42. The smallest absolute Gasteiger partial charge is 0.338 e. The maximum atomic E-state index is 13.0. The molecule has 0 N–H and O–H groups in total. The van der Waals surface area contributed by atoms with E-state index < -0.39 is 24.1 Å². The lowest BCUT2D eigenvalue weighted by Gasteiger charge is -2.34. The Hall–Kier alpha value is -3.02. The summed E-state index contributed by atoms with van der Waals surface area (Å²) >= 11 is 0. The van der Waals surface area contributed by atoms with Crippen molar-refractivity contribution in [2.45, 2.75) is 119 Å². The molecule has 0 spiro atoms. The number of benzene rings is 1. The van der Waals surface area contributed by atoms with E-state index in [9.17, 15) is 19.2 Å². The third-order valence-electron chi connectivity index (χ3n) is 8.39. The molecule has 0 bridgehead atoms. The number of hydrogen-bond acceptors (Lipinski definition) is 6. The first kappa shape index (κ1) is 31.5.